The fourth-order valence-electron chi connectivity index (χ4n) is 2.51. The first-order chi connectivity index (χ1) is 17.4. The largest absolute Gasteiger partial charge is 0.329 e. The Balaban J connectivity index is 0.000000577. The summed E-state index contributed by atoms with van der Waals surface area (Å²) in [5, 5.41) is 20.6. The second-order valence-corrected chi connectivity index (χ2v) is 15.2. The molecule has 0 radical (unpaired) electrons. The average molecular weight is 595 g/mol. The quantitative estimate of drug-likeness (QED) is 0.0846. The molecule has 2 rings (SSSR count). The number of non-ortho nitro benzene ring substituents is 2. The minimum absolute atomic E-state index is 0.0582. The molecule has 1 atom stereocenters. The molecule has 0 N–H and O–H groups in total. The molecule has 208 valence electrons. The van der Waals surface area contributed by atoms with Crippen molar-refractivity contribution in [2.45, 2.75) is 44.4 Å². The van der Waals surface area contributed by atoms with Crippen molar-refractivity contribution in [3.8, 4) is 0 Å². The predicted molar refractivity (Wildman–Crippen MR) is 154 cm³/mol. The van der Waals surface area contributed by atoms with Crippen LogP contribution in [0.1, 0.15) is 34.6 Å². The summed E-state index contributed by atoms with van der Waals surface area (Å²) in [7, 11) is -4.75. The number of benzene rings is 2. The summed E-state index contributed by atoms with van der Waals surface area (Å²) in [4.78, 5) is 21.3. The van der Waals surface area contributed by atoms with Crippen LogP contribution in [0.15, 0.2) is 58.3 Å². The number of nitrogens with zero attached hydrogens (tertiary/aromatic N) is 2. The minimum Gasteiger partial charge on any atom is -0.329 e. The maximum Gasteiger partial charge on any atom is 0.269 e. The van der Waals surface area contributed by atoms with Gasteiger partial charge in [-0.05, 0) is 38.1 Å². The first-order valence-corrected chi connectivity index (χ1v) is 17.1. The number of rotatable bonds is 12. The fourth-order valence-corrected chi connectivity index (χ4v) is 7.33. The fraction of sp³-hybridized carbons (Fsp3) is 0.478. The molecule has 0 saturated heterocycles. The molecule has 0 heterocycles. The third kappa shape index (κ3) is 14.7. The maximum absolute atomic E-state index is 12.2. The molecular formula is C23H36N2O8P2S2. The van der Waals surface area contributed by atoms with Crippen LogP contribution >= 0.6 is 39.1 Å². The van der Waals surface area contributed by atoms with E-state index < -0.39 is 24.6 Å². The number of nitro benzene ring substituents is 2. The van der Waals surface area contributed by atoms with Gasteiger partial charge in [0.05, 0.1) is 28.6 Å². The van der Waals surface area contributed by atoms with Gasteiger partial charge in [-0.1, -0.05) is 20.8 Å². The van der Waals surface area contributed by atoms with E-state index in [1.807, 2.05) is 34.6 Å². The lowest BCUT2D eigenvalue weighted by Crippen LogP contribution is -1.95. The molecular weight excluding hydrogens is 558 g/mol. The molecule has 37 heavy (non-hydrogen) atoms. The van der Waals surface area contributed by atoms with Crippen LogP contribution in [0.5, 0.6) is 0 Å². The van der Waals surface area contributed by atoms with E-state index in [4.69, 9.17) is 9.05 Å². The van der Waals surface area contributed by atoms with Crippen molar-refractivity contribution in [1.29, 1.82) is 0 Å². The lowest BCUT2D eigenvalue weighted by atomic mass is 10.3. The highest BCUT2D eigenvalue weighted by atomic mass is 32.2. The highest BCUT2D eigenvalue weighted by Crippen LogP contribution is 2.50. The van der Waals surface area contributed by atoms with Gasteiger partial charge < -0.3 is 9.05 Å². The highest BCUT2D eigenvalue weighted by molar-refractivity contribution is 8.05. The second-order valence-electron chi connectivity index (χ2n) is 7.21. The van der Waals surface area contributed by atoms with Gasteiger partial charge in [-0.2, -0.15) is 0 Å². The number of thioether (sulfide) groups is 1. The number of hydrogen-bond acceptors (Lipinski definition) is 10. The van der Waals surface area contributed by atoms with Crippen molar-refractivity contribution < 1.29 is 28.0 Å². The summed E-state index contributed by atoms with van der Waals surface area (Å²) in [6.45, 7) is 10.3. The Morgan fingerprint density at radius 1 is 0.730 bits per heavy atom. The topological polar surface area (TPSA) is 139 Å². The summed E-state index contributed by atoms with van der Waals surface area (Å²) in [5.74, 6) is 0. The standard InChI is InChI=1S/C11H16NO4PS.C6H5NO2S.C6H15O2P/c1-3-16-17(15,4-2)9-18-11-7-5-10(6-8-11)12(13)14;8-7(9)5-1-3-6(10)4-2-5;1-4-8-9(7,5-2)6-3/h5-8H,3-4,9H2,1-2H3;1-4,10H;4-6H2,1-3H3. The molecule has 0 aliphatic carbocycles. The lowest BCUT2D eigenvalue weighted by molar-refractivity contribution is -0.385. The number of hydrogen-bond donors (Lipinski definition) is 1. The van der Waals surface area contributed by atoms with E-state index in [0.29, 0.717) is 37.2 Å². The Kier molecular flexibility index (Phi) is 17.7. The summed E-state index contributed by atoms with van der Waals surface area (Å²) in [6.07, 6.45) is 1.83. The van der Waals surface area contributed by atoms with Crippen molar-refractivity contribution >= 4 is 50.5 Å². The van der Waals surface area contributed by atoms with Crippen molar-refractivity contribution in [2.75, 3.05) is 37.2 Å². The molecule has 2 aromatic carbocycles. The monoisotopic (exact) mass is 594 g/mol. The smallest absolute Gasteiger partial charge is 0.269 e. The Morgan fingerprint density at radius 2 is 1.11 bits per heavy atom. The van der Waals surface area contributed by atoms with E-state index >= 15 is 0 Å². The molecule has 2 aromatic rings. The Labute approximate surface area is 228 Å². The normalized spacial score (nSPS) is 12.3. The van der Waals surface area contributed by atoms with Gasteiger partial charge >= 0.3 is 0 Å². The van der Waals surface area contributed by atoms with Gasteiger partial charge in [0, 0.05) is 52.5 Å². The SMILES string of the molecule is CCOP(=O)(CC)CC.CCOP(=O)(CC)CSc1ccc([N+](=O)[O-])cc1.O=[N+]([O-])c1ccc(S)cc1. The molecule has 1 unspecified atom stereocenters. The van der Waals surface area contributed by atoms with Gasteiger partial charge in [-0.15, -0.1) is 24.4 Å². The van der Waals surface area contributed by atoms with Crippen molar-refractivity contribution in [2.24, 2.45) is 0 Å². The highest BCUT2D eigenvalue weighted by Gasteiger charge is 2.20. The van der Waals surface area contributed by atoms with Crippen LogP contribution in [-0.4, -0.2) is 47.0 Å². The van der Waals surface area contributed by atoms with Gasteiger partial charge in [-0.3, -0.25) is 29.4 Å². The van der Waals surface area contributed by atoms with E-state index in [1.54, 1.807) is 24.3 Å². The van der Waals surface area contributed by atoms with Gasteiger partial charge in [0.15, 0.2) is 0 Å². The van der Waals surface area contributed by atoms with E-state index in [9.17, 15) is 29.4 Å². The molecule has 0 bridgehead atoms. The van der Waals surface area contributed by atoms with Crippen LogP contribution < -0.4 is 0 Å². The summed E-state index contributed by atoms with van der Waals surface area (Å²) >= 11 is 5.38. The van der Waals surface area contributed by atoms with Gasteiger partial charge in [0.1, 0.15) is 0 Å². The molecule has 14 heteroatoms. The summed E-state index contributed by atoms with van der Waals surface area (Å²) < 4.78 is 33.9. The number of thiol groups is 1. The molecule has 0 saturated carbocycles. The molecule has 0 spiro atoms. The third-order valence-corrected chi connectivity index (χ3v) is 12.1. The zero-order chi connectivity index (χ0) is 28.5. The Morgan fingerprint density at radius 3 is 1.43 bits per heavy atom. The van der Waals surface area contributed by atoms with Crippen LogP contribution in [0.2, 0.25) is 0 Å². The Hall–Kier alpha value is -1.68. The van der Waals surface area contributed by atoms with Crippen molar-refractivity contribution in [3.05, 3.63) is 68.8 Å². The molecule has 10 nitrogen and oxygen atoms in total. The predicted octanol–water partition coefficient (Wildman–Crippen LogP) is 8.20. The molecule has 0 fully saturated rings. The third-order valence-electron chi connectivity index (χ3n) is 4.71. The maximum atomic E-state index is 12.2. The van der Waals surface area contributed by atoms with E-state index in [1.165, 1.54) is 36.0 Å². The summed E-state index contributed by atoms with van der Waals surface area (Å²) in [6, 6.07) is 12.2. The average Bonchev–Trinajstić information content (AvgIpc) is 2.89. The van der Waals surface area contributed by atoms with Crippen LogP contribution in [0.25, 0.3) is 0 Å². The van der Waals surface area contributed by atoms with E-state index in [-0.39, 0.29) is 11.4 Å². The second kappa shape index (κ2) is 18.6. The van der Waals surface area contributed by atoms with Gasteiger partial charge in [0.2, 0.25) is 14.7 Å². The van der Waals surface area contributed by atoms with Crippen molar-refractivity contribution in [1.82, 2.24) is 0 Å². The molecule has 0 aliphatic rings. The minimum atomic E-state index is -2.57. The van der Waals surface area contributed by atoms with E-state index in [2.05, 4.69) is 12.6 Å². The number of nitro groups is 2. The van der Waals surface area contributed by atoms with Crippen molar-refractivity contribution in [3.63, 3.8) is 0 Å². The first kappa shape index (κ1) is 35.3. The van der Waals surface area contributed by atoms with Gasteiger partial charge in [-0.25, -0.2) is 0 Å². The zero-order valence-corrected chi connectivity index (χ0v) is 25.3. The first-order valence-electron chi connectivity index (χ1n) is 11.6. The molecule has 0 amide bonds. The van der Waals surface area contributed by atoms with Gasteiger partial charge in [0.25, 0.3) is 11.4 Å². The molecule has 0 aliphatic heterocycles. The van der Waals surface area contributed by atoms with Crippen LogP contribution in [0.3, 0.4) is 0 Å². The Bertz CT molecular complexity index is 1050. The molecule has 0 aromatic heterocycles. The summed E-state index contributed by atoms with van der Waals surface area (Å²) in [5.41, 5.74) is 0.551. The van der Waals surface area contributed by atoms with Crippen LogP contribution in [0.4, 0.5) is 11.4 Å². The zero-order valence-electron chi connectivity index (χ0n) is 21.8. The van der Waals surface area contributed by atoms with E-state index in [0.717, 1.165) is 9.79 Å². The lowest BCUT2D eigenvalue weighted by Gasteiger charge is -2.15. The van der Waals surface area contributed by atoms with Crippen LogP contribution in [0, 0.1) is 20.2 Å². The van der Waals surface area contributed by atoms with Crippen LogP contribution in [-0.2, 0) is 18.2 Å².